The van der Waals surface area contributed by atoms with Gasteiger partial charge in [0.25, 0.3) is 0 Å². The van der Waals surface area contributed by atoms with E-state index in [2.05, 4.69) is 30.8 Å². The lowest BCUT2D eigenvalue weighted by atomic mass is 10.2. The molecule has 0 aromatic carbocycles. The van der Waals surface area contributed by atoms with Gasteiger partial charge in [-0.1, -0.05) is 19.1 Å². The third-order valence-corrected chi connectivity index (χ3v) is 2.87. The monoisotopic (exact) mass is 223 g/mol. The molecule has 4 heteroatoms. The molecule has 1 aromatic heterocycles. The molecule has 0 aliphatic carbocycles. The summed E-state index contributed by atoms with van der Waals surface area (Å²) in [7, 11) is 2.06. The van der Waals surface area contributed by atoms with Crippen molar-refractivity contribution in [2.24, 2.45) is 5.73 Å². The molecule has 0 spiro atoms. The summed E-state index contributed by atoms with van der Waals surface area (Å²) in [6.45, 7) is 4.35. The smallest absolute Gasteiger partial charge is 0.122 e. The van der Waals surface area contributed by atoms with Crippen LogP contribution in [-0.2, 0) is 0 Å². The van der Waals surface area contributed by atoms with Crippen molar-refractivity contribution in [3.8, 4) is 0 Å². The molecule has 0 radical (unpaired) electrons. The number of pyridine rings is 1. The topological polar surface area (TPSA) is 42.1 Å². The summed E-state index contributed by atoms with van der Waals surface area (Å²) in [6, 6.07) is 4.35. The van der Waals surface area contributed by atoms with E-state index < -0.39 is 0 Å². The summed E-state index contributed by atoms with van der Waals surface area (Å²) in [5.74, 6) is 0. The summed E-state index contributed by atoms with van der Waals surface area (Å²) in [5, 5.41) is 0. The highest BCUT2D eigenvalue weighted by molar-refractivity contribution is 7.80. The Morgan fingerprint density at radius 1 is 1.60 bits per heavy atom. The molecule has 0 bridgehead atoms. The van der Waals surface area contributed by atoms with Crippen LogP contribution in [0.15, 0.2) is 18.3 Å². The van der Waals surface area contributed by atoms with Gasteiger partial charge in [-0.2, -0.15) is 0 Å². The highest BCUT2D eigenvalue weighted by Gasteiger charge is 2.08. The second kappa shape index (κ2) is 5.07. The molecule has 82 valence electrons. The standard InChI is InChI=1S/C11H17N3S/c1-4-8(2)14(3)9-5-6-10(11(12)15)13-7-9/h5-8H,4H2,1-3H3,(H2,12,15). The van der Waals surface area contributed by atoms with Crippen LogP contribution in [0.5, 0.6) is 0 Å². The fourth-order valence-corrected chi connectivity index (χ4v) is 1.39. The molecule has 15 heavy (non-hydrogen) atoms. The van der Waals surface area contributed by atoms with Gasteiger partial charge >= 0.3 is 0 Å². The maximum atomic E-state index is 5.48. The van der Waals surface area contributed by atoms with Crippen LogP contribution in [-0.4, -0.2) is 23.1 Å². The summed E-state index contributed by atoms with van der Waals surface area (Å²) < 4.78 is 0. The van der Waals surface area contributed by atoms with Crippen LogP contribution in [0.25, 0.3) is 0 Å². The van der Waals surface area contributed by atoms with Crippen LogP contribution in [0.3, 0.4) is 0 Å². The first-order valence-corrected chi connectivity index (χ1v) is 5.45. The number of nitrogens with two attached hydrogens (primary N) is 1. The van der Waals surface area contributed by atoms with Crippen LogP contribution in [0.2, 0.25) is 0 Å². The number of thiocarbonyl (C=S) groups is 1. The van der Waals surface area contributed by atoms with Gasteiger partial charge in [-0.3, -0.25) is 4.98 Å². The van der Waals surface area contributed by atoms with Gasteiger partial charge in [-0.25, -0.2) is 0 Å². The molecule has 0 saturated carbocycles. The third-order valence-electron chi connectivity index (χ3n) is 2.66. The largest absolute Gasteiger partial charge is 0.388 e. The van der Waals surface area contributed by atoms with Crippen LogP contribution in [0.4, 0.5) is 5.69 Å². The number of hydrogen-bond donors (Lipinski definition) is 1. The maximum Gasteiger partial charge on any atom is 0.122 e. The van der Waals surface area contributed by atoms with Gasteiger partial charge < -0.3 is 10.6 Å². The lowest BCUT2D eigenvalue weighted by molar-refractivity contribution is 0.663. The van der Waals surface area contributed by atoms with Crippen LogP contribution < -0.4 is 10.6 Å². The van der Waals surface area contributed by atoms with Crippen LogP contribution >= 0.6 is 12.2 Å². The van der Waals surface area contributed by atoms with E-state index in [1.165, 1.54) is 0 Å². The van der Waals surface area contributed by atoms with Crippen molar-refractivity contribution in [2.45, 2.75) is 26.3 Å². The molecular formula is C11H17N3S. The van der Waals surface area contributed by atoms with Crippen molar-refractivity contribution < 1.29 is 0 Å². The summed E-state index contributed by atoms with van der Waals surface area (Å²) >= 11 is 4.85. The van der Waals surface area contributed by atoms with E-state index in [0.29, 0.717) is 16.7 Å². The van der Waals surface area contributed by atoms with Crippen molar-refractivity contribution in [2.75, 3.05) is 11.9 Å². The Hall–Kier alpha value is -1.16. The van der Waals surface area contributed by atoms with Gasteiger partial charge in [0.05, 0.1) is 17.6 Å². The number of nitrogens with zero attached hydrogens (tertiary/aromatic N) is 2. The molecule has 0 aliphatic heterocycles. The SMILES string of the molecule is CCC(C)N(C)c1ccc(C(N)=S)nc1. The maximum absolute atomic E-state index is 5.48. The zero-order chi connectivity index (χ0) is 11.4. The van der Waals surface area contributed by atoms with Crippen molar-refractivity contribution in [3.63, 3.8) is 0 Å². The van der Waals surface area contributed by atoms with Crippen LogP contribution in [0, 0.1) is 0 Å². The molecule has 0 aliphatic rings. The quantitative estimate of drug-likeness (QED) is 0.792. The molecule has 3 nitrogen and oxygen atoms in total. The van der Waals surface area contributed by atoms with Crippen LogP contribution in [0.1, 0.15) is 26.0 Å². The predicted molar refractivity (Wildman–Crippen MR) is 68.3 cm³/mol. The van der Waals surface area contributed by atoms with Gasteiger partial charge in [0.2, 0.25) is 0 Å². The zero-order valence-electron chi connectivity index (χ0n) is 9.40. The summed E-state index contributed by atoms with van der Waals surface area (Å²) in [5.41, 5.74) is 7.24. The minimum absolute atomic E-state index is 0.341. The molecule has 2 N–H and O–H groups in total. The lowest BCUT2D eigenvalue weighted by Gasteiger charge is -2.25. The van der Waals surface area contributed by atoms with Gasteiger partial charge in [-0.05, 0) is 25.5 Å². The molecule has 1 unspecified atom stereocenters. The Morgan fingerprint density at radius 3 is 2.67 bits per heavy atom. The van der Waals surface area contributed by atoms with Crippen molar-refractivity contribution in [1.29, 1.82) is 0 Å². The lowest BCUT2D eigenvalue weighted by Crippen LogP contribution is -2.28. The fourth-order valence-electron chi connectivity index (χ4n) is 1.27. The summed E-state index contributed by atoms with van der Waals surface area (Å²) in [6.07, 6.45) is 2.91. The van der Waals surface area contributed by atoms with E-state index in [1.54, 1.807) is 6.20 Å². The zero-order valence-corrected chi connectivity index (χ0v) is 10.2. The van der Waals surface area contributed by atoms with Crippen molar-refractivity contribution in [1.82, 2.24) is 4.98 Å². The molecule has 0 amide bonds. The number of rotatable bonds is 4. The van der Waals surface area contributed by atoms with E-state index in [1.807, 2.05) is 12.1 Å². The van der Waals surface area contributed by atoms with E-state index in [4.69, 9.17) is 18.0 Å². The Balaban J connectivity index is 2.84. The number of aromatic nitrogens is 1. The third kappa shape index (κ3) is 2.89. The van der Waals surface area contributed by atoms with Gasteiger partial charge in [0.1, 0.15) is 4.99 Å². The minimum atomic E-state index is 0.341. The van der Waals surface area contributed by atoms with Gasteiger partial charge in [0, 0.05) is 13.1 Å². The molecule has 0 saturated heterocycles. The van der Waals surface area contributed by atoms with E-state index in [9.17, 15) is 0 Å². The first-order chi connectivity index (χ1) is 7.06. The molecular weight excluding hydrogens is 206 g/mol. The molecule has 0 fully saturated rings. The Labute approximate surface area is 96.3 Å². The van der Waals surface area contributed by atoms with Gasteiger partial charge in [0.15, 0.2) is 0 Å². The average Bonchev–Trinajstić information content (AvgIpc) is 2.27. The highest BCUT2D eigenvalue weighted by Crippen LogP contribution is 2.15. The number of anilines is 1. The molecule has 1 heterocycles. The average molecular weight is 223 g/mol. The number of hydrogen-bond acceptors (Lipinski definition) is 3. The summed E-state index contributed by atoms with van der Waals surface area (Å²) in [4.78, 5) is 6.74. The van der Waals surface area contributed by atoms with E-state index in [0.717, 1.165) is 12.1 Å². The van der Waals surface area contributed by atoms with Gasteiger partial charge in [-0.15, -0.1) is 0 Å². The fraction of sp³-hybridized carbons (Fsp3) is 0.455. The first-order valence-electron chi connectivity index (χ1n) is 5.05. The Morgan fingerprint density at radius 2 is 2.27 bits per heavy atom. The second-order valence-corrected chi connectivity index (χ2v) is 4.07. The molecule has 1 rings (SSSR count). The Bertz CT molecular complexity index is 334. The molecule has 1 aromatic rings. The predicted octanol–water partition coefficient (Wildman–Crippen LogP) is 1.95. The highest BCUT2D eigenvalue weighted by atomic mass is 32.1. The second-order valence-electron chi connectivity index (χ2n) is 3.63. The van der Waals surface area contributed by atoms with E-state index in [-0.39, 0.29) is 0 Å². The van der Waals surface area contributed by atoms with E-state index >= 15 is 0 Å². The Kier molecular flexibility index (Phi) is 4.03. The minimum Gasteiger partial charge on any atom is -0.388 e. The normalized spacial score (nSPS) is 12.2. The molecule has 1 atom stereocenters. The van der Waals surface area contributed by atoms with Crippen molar-refractivity contribution >= 4 is 22.9 Å². The van der Waals surface area contributed by atoms with Crippen molar-refractivity contribution in [3.05, 3.63) is 24.0 Å². The first kappa shape index (κ1) is 11.9.